The Morgan fingerprint density at radius 1 is 1.00 bits per heavy atom. The predicted octanol–water partition coefficient (Wildman–Crippen LogP) is 1.26. The third kappa shape index (κ3) is 11.2. The van der Waals surface area contributed by atoms with Crippen LogP contribution in [0.5, 0.6) is 0 Å². The second kappa shape index (κ2) is 11.4. The van der Waals surface area contributed by atoms with Gasteiger partial charge in [-0.2, -0.15) is 0 Å². The van der Waals surface area contributed by atoms with Crippen molar-refractivity contribution in [2.75, 3.05) is 26.3 Å². The van der Waals surface area contributed by atoms with E-state index in [1.807, 2.05) is 0 Å². The van der Waals surface area contributed by atoms with E-state index in [2.05, 4.69) is 12.2 Å². The second-order valence-electron chi connectivity index (χ2n) is 3.59. The summed E-state index contributed by atoms with van der Waals surface area (Å²) in [5, 5.41) is 3.19. The molecule has 0 aliphatic carbocycles. The van der Waals surface area contributed by atoms with Gasteiger partial charge in [-0.15, -0.1) is 0 Å². The van der Waals surface area contributed by atoms with Crippen molar-refractivity contribution in [3.63, 3.8) is 0 Å². The summed E-state index contributed by atoms with van der Waals surface area (Å²) < 4.78 is 9.68. The molecule has 0 aromatic heterocycles. The van der Waals surface area contributed by atoms with Crippen LogP contribution in [-0.4, -0.2) is 38.2 Å². The van der Waals surface area contributed by atoms with Crippen LogP contribution in [0.3, 0.4) is 0 Å². The predicted molar refractivity (Wildman–Crippen MR) is 64.6 cm³/mol. The third-order valence-electron chi connectivity index (χ3n) is 2.10. The summed E-state index contributed by atoms with van der Waals surface area (Å²) in [6.45, 7) is 6.46. The van der Waals surface area contributed by atoms with Gasteiger partial charge in [-0.1, -0.05) is 6.92 Å². The van der Waals surface area contributed by atoms with E-state index < -0.39 is 0 Å². The van der Waals surface area contributed by atoms with E-state index in [9.17, 15) is 9.59 Å². The van der Waals surface area contributed by atoms with Crippen LogP contribution in [-0.2, 0) is 19.1 Å². The minimum atomic E-state index is -0.350. The molecule has 0 atom stereocenters. The van der Waals surface area contributed by atoms with E-state index in [1.165, 1.54) is 0 Å². The summed E-state index contributed by atoms with van der Waals surface area (Å²) >= 11 is 0. The molecular weight excluding hydrogens is 222 g/mol. The lowest BCUT2D eigenvalue weighted by atomic mass is 10.3. The molecule has 1 N–H and O–H groups in total. The summed E-state index contributed by atoms with van der Waals surface area (Å²) in [6, 6.07) is 0. The van der Waals surface area contributed by atoms with Gasteiger partial charge < -0.3 is 14.8 Å². The van der Waals surface area contributed by atoms with Crippen LogP contribution in [0.4, 0.5) is 0 Å². The number of carbonyl (C=O) groups excluding carboxylic acids is 2. The Bertz CT molecular complexity index is 219. The van der Waals surface area contributed by atoms with E-state index in [0.29, 0.717) is 13.2 Å². The average Bonchev–Trinajstić information content (AvgIpc) is 2.31. The smallest absolute Gasteiger partial charge is 0.306 e. The molecule has 0 aromatic rings. The highest BCUT2D eigenvalue weighted by atomic mass is 16.5. The van der Waals surface area contributed by atoms with Crippen LogP contribution < -0.4 is 5.32 Å². The molecule has 0 amide bonds. The quantitative estimate of drug-likeness (QED) is 0.464. The highest BCUT2D eigenvalue weighted by Crippen LogP contribution is 1.97. The molecule has 0 heterocycles. The lowest BCUT2D eigenvalue weighted by molar-refractivity contribution is -0.150. The van der Waals surface area contributed by atoms with E-state index in [4.69, 9.17) is 9.47 Å². The summed E-state index contributed by atoms with van der Waals surface area (Å²) in [5.41, 5.74) is 0. The number of unbranched alkanes of at least 4 members (excludes halogenated alkanes) is 1. The van der Waals surface area contributed by atoms with Crippen molar-refractivity contribution < 1.29 is 19.1 Å². The average molecular weight is 245 g/mol. The maximum Gasteiger partial charge on any atom is 0.306 e. The number of rotatable bonds is 10. The topological polar surface area (TPSA) is 64.6 Å². The van der Waals surface area contributed by atoms with Crippen molar-refractivity contribution in [1.29, 1.82) is 0 Å². The third-order valence-corrected chi connectivity index (χ3v) is 2.10. The van der Waals surface area contributed by atoms with Crippen molar-refractivity contribution in [3.05, 3.63) is 0 Å². The van der Waals surface area contributed by atoms with Crippen molar-refractivity contribution in [2.24, 2.45) is 0 Å². The van der Waals surface area contributed by atoms with E-state index in [1.54, 1.807) is 6.92 Å². The summed E-state index contributed by atoms with van der Waals surface area (Å²) in [5.74, 6) is -0.682. The van der Waals surface area contributed by atoms with Crippen LogP contribution in [0.2, 0.25) is 0 Å². The Balaban J connectivity index is 3.31. The lowest BCUT2D eigenvalue weighted by Gasteiger charge is -2.05. The molecule has 0 unspecified atom stereocenters. The zero-order valence-electron chi connectivity index (χ0n) is 10.8. The van der Waals surface area contributed by atoms with Gasteiger partial charge in [0.15, 0.2) is 0 Å². The van der Waals surface area contributed by atoms with Gasteiger partial charge in [-0.3, -0.25) is 9.59 Å². The number of hydrogen-bond acceptors (Lipinski definition) is 5. The maximum atomic E-state index is 11.2. The molecule has 0 saturated heterocycles. The molecule has 0 rings (SSSR count). The van der Waals surface area contributed by atoms with Gasteiger partial charge in [-0.05, 0) is 32.9 Å². The van der Waals surface area contributed by atoms with Crippen LogP contribution >= 0.6 is 0 Å². The molecule has 0 saturated carbocycles. The van der Waals surface area contributed by atoms with Crippen LogP contribution in [0.25, 0.3) is 0 Å². The number of carbonyl (C=O) groups is 2. The number of ether oxygens (including phenoxy) is 2. The molecule has 0 fully saturated rings. The maximum absolute atomic E-state index is 11.2. The van der Waals surface area contributed by atoms with Gasteiger partial charge in [0.05, 0.1) is 26.1 Å². The van der Waals surface area contributed by atoms with Crippen molar-refractivity contribution in [3.8, 4) is 0 Å². The Morgan fingerprint density at radius 3 is 2.24 bits per heavy atom. The lowest BCUT2D eigenvalue weighted by Crippen LogP contribution is -2.15. The highest BCUT2D eigenvalue weighted by molar-refractivity contribution is 5.77. The number of nitrogens with one attached hydrogen (secondary N) is 1. The molecule has 100 valence electrons. The van der Waals surface area contributed by atoms with Crippen molar-refractivity contribution in [1.82, 2.24) is 5.32 Å². The zero-order valence-corrected chi connectivity index (χ0v) is 10.8. The van der Waals surface area contributed by atoms with E-state index in [0.717, 1.165) is 25.9 Å². The van der Waals surface area contributed by atoms with Crippen LogP contribution in [0.1, 0.15) is 39.5 Å². The van der Waals surface area contributed by atoms with Gasteiger partial charge >= 0.3 is 11.9 Å². The van der Waals surface area contributed by atoms with Crippen molar-refractivity contribution in [2.45, 2.75) is 39.5 Å². The van der Waals surface area contributed by atoms with Gasteiger partial charge in [0.2, 0.25) is 0 Å². The molecule has 0 aliphatic heterocycles. The molecule has 0 spiro atoms. The Kier molecular flexibility index (Phi) is 10.7. The molecule has 0 bridgehead atoms. The fourth-order valence-corrected chi connectivity index (χ4v) is 1.22. The summed E-state index contributed by atoms with van der Waals surface area (Å²) in [4.78, 5) is 22.2. The SMILES string of the molecule is CCNCCCCOC(=O)CCC(=O)OCC. The van der Waals surface area contributed by atoms with E-state index >= 15 is 0 Å². The van der Waals surface area contributed by atoms with Gasteiger partial charge in [-0.25, -0.2) is 0 Å². The van der Waals surface area contributed by atoms with E-state index in [-0.39, 0.29) is 24.8 Å². The Morgan fingerprint density at radius 2 is 1.65 bits per heavy atom. The fraction of sp³-hybridized carbons (Fsp3) is 0.833. The summed E-state index contributed by atoms with van der Waals surface area (Å²) in [6.07, 6.45) is 2.03. The first-order valence-corrected chi connectivity index (χ1v) is 6.22. The Labute approximate surface area is 103 Å². The molecule has 0 radical (unpaired) electrons. The zero-order chi connectivity index (χ0) is 12.9. The van der Waals surface area contributed by atoms with Crippen LogP contribution in [0.15, 0.2) is 0 Å². The molecular formula is C12H23NO4. The minimum Gasteiger partial charge on any atom is -0.466 e. The van der Waals surface area contributed by atoms with Gasteiger partial charge in [0.25, 0.3) is 0 Å². The van der Waals surface area contributed by atoms with Gasteiger partial charge in [0.1, 0.15) is 0 Å². The first-order chi connectivity index (χ1) is 8.20. The number of esters is 2. The standard InChI is InChI=1S/C12H23NO4/c1-3-13-9-5-6-10-17-12(15)8-7-11(14)16-4-2/h13H,3-10H2,1-2H3. The number of hydrogen-bond donors (Lipinski definition) is 1. The second-order valence-corrected chi connectivity index (χ2v) is 3.59. The molecule has 0 aromatic carbocycles. The van der Waals surface area contributed by atoms with Crippen LogP contribution in [0, 0.1) is 0 Å². The molecule has 17 heavy (non-hydrogen) atoms. The monoisotopic (exact) mass is 245 g/mol. The largest absolute Gasteiger partial charge is 0.466 e. The fourth-order valence-electron chi connectivity index (χ4n) is 1.22. The molecule has 0 aliphatic rings. The highest BCUT2D eigenvalue weighted by Gasteiger charge is 2.07. The summed E-state index contributed by atoms with van der Waals surface area (Å²) in [7, 11) is 0. The molecule has 5 heteroatoms. The van der Waals surface area contributed by atoms with Crippen molar-refractivity contribution >= 4 is 11.9 Å². The molecule has 5 nitrogen and oxygen atoms in total. The Hall–Kier alpha value is -1.10. The first-order valence-electron chi connectivity index (χ1n) is 6.22. The minimum absolute atomic E-state index is 0.101. The first kappa shape index (κ1) is 15.9. The van der Waals surface area contributed by atoms with Gasteiger partial charge in [0, 0.05) is 0 Å². The normalized spacial score (nSPS) is 10.0.